The van der Waals surface area contributed by atoms with E-state index in [1.165, 1.54) is 0 Å². The molecule has 0 saturated carbocycles. The SMILES string of the molecule is COc1ccc(OC)c2c1CCC/C2=N/O. The van der Waals surface area contributed by atoms with Crippen molar-refractivity contribution < 1.29 is 14.7 Å². The van der Waals surface area contributed by atoms with E-state index in [9.17, 15) is 0 Å². The Bertz CT molecular complexity index is 427. The van der Waals surface area contributed by atoms with Gasteiger partial charge in [0.25, 0.3) is 0 Å². The van der Waals surface area contributed by atoms with E-state index in [-0.39, 0.29) is 0 Å². The van der Waals surface area contributed by atoms with E-state index in [0.29, 0.717) is 5.71 Å². The van der Waals surface area contributed by atoms with E-state index in [4.69, 9.17) is 14.7 Å². The van der Waals surface area contributed by atoms with Gasteiger partial charge in [0.2, 0.25) is 0 Å². The lowest BCUT2D eigenvalue weighted by Crippen LogP contribution is -2.14. The smallest absolute Gasteiger partial charge is 0.128 e. The predicted molar refractivity (Wildman–Crippen MR) is 60.8 cm³/mol. The minimum atomic E-state index is 0.678. The summed E-state index contributed by atoms with van der Waals surface area (Å²) in [5, 5.41) is 12.4. The fourth-order valence-electron chi connectivity index (χ4n) is 2.19. The van der Waals surface area contributed by atoms with E-state index >= 15 is 0 Å². The van der Waals surface area contributed by atoms with Gasteiger partial charge in [0.15, 0.2) is 0 Å². The van der Waals surface area contributed by atoms with Gasteiger partial charge in [0, 0.05) is 11.1 Å². The predicted octanol–water partition coefficient (Wildman–Crippen LogP) is 2.22. The molecular weight excluding hydrogens is 206 g/mol. The number of oxime groups is 1. The van der Waals surface area contributed by atoms with Crippen molar-refractivity contribution in [2.45, 2.75) is 19.3 Å². The lowest BCUT2D eigenvalue weighted by Gasteiger charge is -2.21. The van der Waals surface area contributed by atoms with Crippen molar-refractivity contribution in [1.29, 1.82) is 0 Å². The van der Waals surface area contributed by atoms with Crippen LogP contribution in [0.15, 0.2) is 17.3 Å². The Kier molecular flexibility index (Phi) is 2.99. The third-order valence-corrected chi connectivity index (χ3v) is 2.92. The molecule has 1 N–H and O–H groups in total. The van der Waals surface area contributed by atoms with Crippen molar-refractivity contribution >= 4 is 5.71 Å². The summed E-state index contributed by atoms with van der Waals surface area (Å²) in [5.74, 6) is 1.57. The van der Waals surface area contributed by atoms with Crippen molar-refractivity contribution in [1.82, 2.24) is 0 Å². The second-order valence-electron chi connectivity index (χ2n) is 3.72. The molecule has 0 bridgehead atoms. The normalized spacial score (nSPS) is 17.0. The van der Waals surface area contributed by atoms with E-state index in [1.54, 1.807) is 14.2 Å². The molecule has 1 aromatic carbocycles. The van der Waals surface area contributed by atoms with Crippen LogP contribution >= 0.6 is 0 Å². The topological polar surface area (TPSA) is 51.0 Å². The maximum atomic E-state index is 9.01. The summed E-state index contributed by atoms with van der Waals surface area (Å²) in [6.45, 7) is 0. The van der Waals surface area contributed by atoms with Gasteiger partial charge in [0.1, 0.15) is 11.5 Å². The summed E-state index contributed by atoms with van der Waals surface area (Å²) in [7, 11) is 3.26. The van der Waals surface area contributed by atoms with E-state index < -0.39 is 0 Å². The molecule has 1 aliphatic rings. The van der Waals surface area contributed by atoms with Crippen LogP contribution in [0, 0.1) is 0 Å². The van der Waals surface area contributed by atoms with Crippen LogP contribution in [0.2, 0.25) is 0 Å². The summed E-state index contributed by atoms with van der Waals surface area (Å²) >= 11 is 0. The first-order valence-corrected chi connectivity index (χ1v) is 5.27. The van der Waals surface area contributed by atoms with Crippen LogP contribution in [-0.2, 0) is 6.42 Å². The van der Waals surface area contributed by atoms with E-state index in [1.807, 2.05) is 12.1 Å². The Balaban J connectivity index is 2.64. The molecule has 0 fully saturated rings. The van der Waals surface area contributed by atoms with Crippen LogP contribution in [0.5, 0.6) is 11.5 Å². The number of methoxy groups -OCH3 is 2. The average molecular weight is 221 g/mol. The number of nitrogens with zero attached hydrogens (tertiary/aromatic N) is 1. The van der Waals surface area contributed by atoms with Gasteiger partial charge in [-0.2, -0.15) is 0 Å². The largest absolute Gasteiger partial charge is 0.496 e. The fourth-order valence-corrected chi connectivity index (χ4v) is 2.19. The third kappa shape index (κ3) is 1.60. The molecule has 86 valence electrons. The standard InChI is InChI=1S/C12H15NO3/c1-15-10-6-7-11(16-2)12-8(10)4-3-5-9(12)13-14/h6-7,14H,3-5H2,1-2H3/b13-9-. The molecule has 1 aliphatic carbocycles. The number of benzene rings is 1. The highest BCUT2D eigenvalue weighted by atomic mass is 16.5. The second-order valence-corrected chi connectivity index (χ2v) is 3.72. The summed E-state index contributed by atoms with van der Waals surface area (Å²) in [5.41, 5.74) is 2.63. The zero-order valence-corrected chi connectivity index (χ0v) is 9.49. The maximum Gasteiger partial charge on any atom is 0.128 e. The monoisotopic (exact) mass is 221 g/mol. The Morgan fingerprint density at radius 1 is 1.12 bits per heavy atom. The molecular formula is C12H15NO3. The molecule has 2 rings (SSSR count). The summed E-state index contributed by atoms with van der Waals surface area (Å²) in [6, 6.07) is 3.73. The van der Waals surface area contributed by atoms with Crippen LogP contribution in [0.25, 0.3) is 0 Å². The van der Waals surface area contributed by atoms with Crippen molar-refractivity contribution in [3.63, 3.8) is 0 Å². The Morgan fingerprint density at radius 3 is 2.44 bits per heavy atom. The number of fused-ring (bicyclic) bond motifs is 1. The zero-order chi connectivity index (χ0) is 11.5. The van der Waals surface area contributed by atoms with Gasteiger partial charge in [-0.3, -0.25) is 0 Å². The third-order valence-electron chi connectivity index (χ3n) is 2.92. The zero-order valence-electron chi connectivity index (χ0n) is 9.49. The van der Waals surface area contributed by atoms with Gasteiger partial charge in [-0.25, -0.2) is 0 Å². The lowest BCUT2D eigenvalue weighted by atomic mass is 9.88. The number of ether oxygens (including phenoxy) is 2. The first-order chi connectivity index (χ1) is 7.81. The maximum absolute atomic E-state index is 9.01. The van der Waals surface area contributed by atoms with Crippen LogP contribution in [-0.4, -0.2) is 25.1 Å². The molecule has 0 spiro atoms. The number of hydrogen-bond donors (Lipinski definition) is 1. The highest BCUT2D eigenvalue weighted by molar-refractivity contribution is 6.05. The summed E-state index contributed by atoms with van der Waals surface area (Å²) in [6.07, 6.45) is 2.66. The van der Waals surface area contributed by atoms with Gasteiger partial charge < -0.3 is 14.7 Å². The van der Waals surface area contributed by atoms with Crippen LogP contribution in [0.1, 0.15) is 24.0 Å². The van der Waals surface area contributed by atoms with Gasteiger partial charge in [-0.15, -0.1) is 0 Å². The van der Waals surface area contributed by atoms with Crippen molar-refractivity contribution in [3.8, 4) is 11.5 Å². The molecule has 0 atom stereocenters. The molecule has 4 nitrogen and oxygen atoms in total. The highest BCUT2D eigenvalue weighted by Gasteiger charge is 2.23. The molecule has 0 aromatic heterocycles. The fraction of sp³-hybridized carbons (Fsp3) is 0.417. The molecule has 0 amide bonds. The molecule has 1 aromatic rings. The molecule has 16 heavy (non-hydrogen) atoms. The second kappa shape index (κ2) is 4.43. The first kappa shape index (κ1) is 10.8. The molecule has 0 saturated heterocycles. The van der Waals surface area contributed by atoms with Crippen LogP contribution in [0.3, 0.4) is 0 Å². The van der Waals surface area contributed by atoms with Gasteiger partial charge in [-0.1, -0.05) is 5.16 Å². The van der Waals surface area contributed by atoms with Gasteiger partial charge >= 0.3 is 0 Å². The Labute approximate surface area is 94.5 Å². The van der Waals surface area contributed by atoms with Crippen LogP contribution < -0.4 is 9.47 Å². The minimum absolute atomic E-state index is 0.678. The molecule has 0 unspecified atom stereocenters. The quantitative estimate of drug-likeness (QED) is 0.615. The number of rotatable bonds is 2. The number of hydrogen-bond acceptors (Lipinski definition) is 4. The lowest BCUT2D eigenvalue weighted by molar-refractivity contribution is 0.316. The van der Waals surface area contributed by atoms with E-state index in [0.717, 1.165) is 41.9 Å². The first-order valence-electron chi connectivity index (χ1n) is 5.27. The van der Waals surface area contributed by atoms with Crippen molar-refractivity contribution in [3.05, 3.63) is 23.3 Å². The average Bonchev–Trinajstić information content (AvgIpc) is 2.36. The highest BCUT2D eigenvalue weighted by Crippen LogP contribution is 2.36. The van der Waals surface area contributed by atoms with Gasteiger partial charge in [-0.05, 0) is 31.4 Å². The molecule has 0 radical (unpaired) electrons. The molecule has 0 aliphatic heterocycles. The summed E-state index contributed by atoms with van der Waals surface area (Å²) < 4.78 is 10.6. The van der Waals surface area contributed by atoms with Crippen LogP contribution in [0.4, 0.5) is 0 Å². The molecule has 4 heteroatoms. The van der Waals surface area contributed by atoms with E-state index in [2.05, 4.69) is 5.16 Å². The summed E-state index contributed by atoms with van der Waals surface area (Å²) in [4.78, 5) is 0. The Morgan fingerprint density at radius 2 is 1.81 bits per heavy atom. The van der Waals surface area contributed by atoms with Crippen molar-refractivity contribution in [2.24, 2.45) is 5.16 Å². The minimum Gasteiger partial charge on any atom is -0.496 e. The molecule has 0 heterocycles. The Hall–Kier alpha value is -1.71. The van der Waals surface area contributed by atoms with Gasteiger partial charge in [0.05, 0.1) is 19.9 Å². The van der Waals surface area contributed by atoms with Crippen molar-refractivity contribution in [2.75, 3.05) is 14.2 Å².